The molecule has 0 radical (unpaired) electrons. The van der Waals surface area contributed by atoms with Crippen LogP contribution in [0, 0.1) is 0 Å². The molecule has 0 aliphatic heterocycles. The van der Waals surface area contributed by atoms with Gasteiger partial charge in [-0.2, -0.15) is 0 Å². The molecular weight excluding hydrogens is 392 g/mol. The number of phenols is 1. The first-order valence-corrected chi connectivity index (χ1v) is 11.9. The highest BCUT2D eigenvalue weighted by atomic mass is 16.3. The van der Waals surface area contributed by atoms with Crippen LogP contribution in [0.4, 0.5) is 5.69 Å². The summed E-state index contributed by atoms with van der Waals surface area (Å²) in [5.41, 5.74) is 7.28. The summed E-state index contributed by atoms with van der Waals surface area (Å²) in [6.07, 6.45) is 1.57. The monoisotopic (exact) mass is 430 g/mol. The quantitative estimate of drug-likeness (QED) is 0.305. The van der Waals surface area contributed by atoms with Gasteiger partial charge in [-0.05, 0) is 52.6 Å². The van der Waals surface area contributed by atoms with Gasteiger partial charge in [0.1, 0.15) is 5.75 Å². The zero-order valence-corrected chi connectivity index (χ0v) is 20.0. The van der Waals surface area contributed by atoms with E-state index in [-0.39, 0.29) is 0 Å². The Labute approximate surface area is 193 Å². The van der Waals surface area contributed by atoms with Crippen molar-refractivity contribution in [2.24, 2.45) is 0 Å². The lowest BCUT2D eigenvalue weighted by Crippen LogP contribution is -2.25. The fourth-order valence-electron chi connectivity index (χ4n) is 4.18. The van der Waals surface area contributed by atoms with Gasteiger partial charge in [0.15, 0.2) is 0 Å². The number of rotatable bonds is 11. The lowest BCUT2D eigenvalue weighted by Gasteiger charge is -2.21. The highest BCUT2D eigenvalue weighted by Crippen LogP contribution is 2.32. The predicted octanol–water partition coefficient (Wildman–Crippen LogP) is 6.47. The molecule has 0 unspecified atom stereocenters. The summed E-state index contributed by atoms with van der Waals surface area (Å²) in [7, 11) is 0. The van der Waals surface area contributed by atoms with Gasteiger partial charge in [-0.15, -0.1) is 0 Å². The van der Waals surface area contributed by atoms with Crippen LogP contribution in [-0.2, 0) is 12.8 Å². The smallest absolute Gasteiger partial charge is 0.122 e. The highest BCUT2D eigenvalue weighted by molar-refractivity contribution is 5.60. The van der Waals surface area contributed by atoms with Crippen LogP contribution in [0.25, 0.3) is 0 Å². The SMILES string of the molecule is CC(C)c1cccc(C(C)C)c1NCCNCCc1cccc(Cc2ccccc2)c1O. The summed E-state index contributed by atoms with van der Waals surface area (Å²) in [6, 6.07) is 23.0. The molecule has 170 valence electrons. The molecule has 3 aromatic rings. The number of para-hydroxylation sites is 2. The Kier molecular flexibility index (Phi) is 8.75. The first kappa shape index (κ1) is 23.9. The minimum atomic E-state index is 0.434. The van der Waals surface area contributed by atoms with E-state index in [4.69, 9.17) is 0 Å². The number of anilines is 1. The summed E-state index contributed by atoms with van der Waals surface area (Å²) < 4.78 is 0. The molecule has 3 nitrogen and oxygen atoms in total. The Hall–Kier alpha value is -2.78. The van der Waals surface area contributed by atoms with Crippen LogP contribution in [0.2, 0.25) is 0 Å². The first-order chi connectivity index (χ1) is 15.5. The zero-order chi connectivity index (χ0) is 22.9. The molecule has 3 aromatic carbocycles. The maximum atomic E-state index is 10.7. The fourth-order valence-corrected chi connectivity index (χ4v) is 4.18. The second kappa shape index (κ2) is 11.7. The topological polar surface area (TPSA) is 44.3 Å². The van der Waals surface area contributed by atoms with Crippen LogP contribution in [0.15, 0.2) is 66.7 Å². The van der Waals surface area contributed by atoms with Gasteiger partial charge in [0.05, 0.1) is 0 Å². The number of aromatic hydroxyl groups is 1. The van der Waals surface area contributed by atoms with Gasteiger partial charge in [-0.1, -0.05) is 94.4 Å². The van der Waals surface area contributed by atoms with Crippen molar-refractivity contribution in [3.8, 4) is 5.75 Å². The van der Waals surface area contributed by atoms with Crippen molar-refractivity contribution in [1.82, 2.24) is 5.32 Å². The van der Waals surface area contributed by atoms with Crippen molar-refractivity contribution >= 4 is 5.69 Å². The van der Waals surface area contributed by atoms with Gasteiger partial charge in [0.2, 0.25) is 0 Å². The largest absolute Gasteiger partial charge is 0.507 e. The Morgan fingerprint density at radius 2 is 1.31 bits per heavy atom. The second-order valence-corrected chi connectivity index (χ2v) is 9.13. The van der Waals surface area contributed by atoms with Crippen LogP contribution in [-0.4, -0.2) is 24.7 Å². The molecule has 0 spiro atoms. The molecule has 0 saturated heterocycles. The molecule has 32 heavy (non-hydrogen) atoms. The number of hydrogen-bond acceptors (Lipinski definition) is 3. The molecule has 0 saturated carbocycles. The molecule has 3 N–H and O–H groups in total. The van der Waals surface area contributed by atoms with Gasteiger partial charge < -0.3 is 15.7 Å². The van der Waals surface area contributed by atoms with Crippen LogP contribution in [0.3, 0.4) is 0 Å². The summed E-state index contributed by atoms with van der Waals surface area (Å²) in [5.74, 6) is 1.43. The van der Waals surface area contributed by atoms with Crippen LogP contribution in [0.5, 0.6) is 5.75 Å². The lowest BCUT2D eigenvalue weighted by molar-refractivity contribution is 0.461. The van der Waals surface area contributed by atoms with E-state index in [1.54, 1.807) is 0 Å². The minimum Gasteiger partial charge on any atom is -0.507 e. The molecule has 0 aliphatic rings. The lowest BCUT2D eigenvalue weighted by atomic mass is 9.92. The van der Waals surface area contributed by atoms with Crippen molar-refractivity contribution in [3.63, 3.8) is 0 Å². The van der Waals surface area contributed by atoms with E-state index in [0.717, 1.165) is 43.6 Å². The van der Waals surface area contributed by atoms with E-state index in [1.165, 1.54) is 22.4 Å². The Morgan fingerprint density at radius 3 is 1.97 bits per heavy atom. The van der Waals surface area contributed by atoms with E-state index in [0.29, 0.717) is 17.6 Å². The maximum Gasteiger partial charge on any atom is 0.122 e. The molecule has 0 aromatic heterocycles. The Morgan fingerprint density at radius 1 is 0.688 bits per heavy atom. The third-order valence-corrected chi connectivity index (χ3v) is 5.99. The van der Waals surface area contributed by atoms with Crippen molar-refractivity contribution in [2.45, 2.75) is 52.4 Å². The van der Waals surface area contributed by atoms with Crippen molar-refractivity contribution in [3.05, 3.63) is 94.5 Å². The third kappa shape index (κ3) is 6.37. The normalized spacial score (nSPS) is 11.3. The minimum absolute atomic E-state index is 0.434. The fraction of sp³-hybridized carbons (Fsp3) is 0.379. The van der Waals surface area contributed by atoms with E-state index < -0.39 is 0 Å². The average molecular weight is 431 g/mol. The zero-order valence-electron chi connectivity index (χ0n) is 20.0. The molecule has 0 aliphatic carbocycles. The molecule has 0 fully saturated rings. The van der Waals surface area contributed by atoms with Crippen LogP contribution in [0.1, 0.15) is 67.3 Å². The van der Waals surface area contributed by atoms with Crippen LogP contribution >= 0.6 is 0 Å². The van der Waals surface area contributed by atoms with Crippen LogP contribution < -0.4 is 10.6 Å². The summed E-state index contributed by atoms with van der Waals surface area (Å²) in [6.45, 7) is 11.6. The van der Waals surface area contributed by atoms with E-state index in [1.807, 2.05) is 36.4 Å². The summed E-state index contributed by atoms with van der Waals surface area (Å²) in [5, 5.41) is 17.9. The molecule has 3 rings (SSSR count). The molecule has 0 amide bonds. The Balaban J connectivity index is 1.50. The molecule has 0 heterocycles. The van der Waals surface area contributed by atoms with E-state index in [9.17, 15) is 5.11 Å². The predicted molar refractivity (Wildman–Crippen MR) is 137 cm³/mol. The standard InChI is InChI=1S/C29H38N2O/c1-21(2)26-14-9-15-27(22(3)4)28(26)31-19-18-30-17-16-24-12-8-13-25(29(24)32)20-23-10-6-5-7-11-23/h5-15,21-22,30-32H,16-20H2,1-4H3. The maximum absolute atomic E-state index is 10.7. The van der Waals surface area contributed by atoms with E-state index in [2.05, 4.69) is 68.7 Å². The average Bonchev–Trinajstić information content (AvgIpc) is 2.78. The molecular formula is C29H38N2O. The number of nitrogens with one attached hydrogen (secondary N) is 2. The number of benzene rings is 3. The van der Waals surface area contributed by atoms with Crippen molar-refractivity contribution < 1.29 is 5.11 Å². The summed E-state index contributed by atoms with van der Waals surface area (Å²) in [4.78, 5) is 0. The molecule has 0 atom stereocenters. The van der Waals surface area contributed by atoms with Crippen molar-refractivity contribution in [2.75, 3.05) is 25.0 Å². The summed E-state index contributed by atoms with van der Waals surface area (Å²) >= 11 is 0. The third-order valence-electron chi connectivity index (χ3n) is 5.99. The van der Waals surface area contributed by atoms with Gasteiger partial charge in [-0.25, -0.2) is 0 Å². The number of phenolic OH excluding ortho intramolecular Hbond substituents is 1. The van der Waals surface area contributed by atoms with Crippen molar-refractivity contribution in [1.29, 1.82) is 0 Å². The van der Waals surface area contributed by atoms with Gasteiger partial charge >= 0.3 is 0 Å². The van der Waals surface area contributed by atoms with Gasteiger partial charge in [-0.3, -0.25) is 0 Å². The Bertz CT molecular complexity index is 953. The highest BCUT2D eigenvalue weighted by Gasteiger charge is 2.13. The molecule has 0 bridgehead atoms. The van der Waals surface area contributed by atoms with Gasteiger partial charge in [0, 0.05) is 25.2 Å². The van der Waals surface area contributed by atoms with Gasteiger partial charge in [0.25, 0.3) is 0 Å². The number of hydrogen-bond donors (Lipinski definition) is 3. The molecule has 3 heteroatoms. The van der Waals surface area contributed by atoms with E-state index >= 15 is 0 Å². The first-order valence-electron chi connectivity index (χ1n) is 11.9. The second-order valence-electron chi connectivity index (χ2n) is 9.13.